The van der Waals surface area contributed by atoms with Gasteiger partial charge in [0, 0.05) is 6.42 Å². The van der Waals surface area contributed by atoms with Crippen LogP contribution in [0.3, 0.4) is 0 Å². The molecular formula is C22H22N4O3. The molecule has 29 heavy (non-hydrogen) atoms. The lowest BCUT2D eigenvalue weighted by atomic mass is 9.50. The number of benzene rings is 1. The van der Waals surface area contributed by atoms with Crippen LogP contribution in [0.5, 0.6) is 5.75 Å². The molecule has 7 nitrogen and oxygen atoms in total. The largest absolute Gasteiger partial charge is 0.494 e. The molecule has 1 aromatic carbocycles. The Hall–Kier alpha value is -3.08. The maximum atomic E-state index is 10.3. The second-order valence-corrected chi connectivity index (χ2v) is 8.13. The highest BCUT2D eigenvalue weighted by Crippen LogP contribution is 2.69. The Bertz CT molecular complexity index is 956. The third kappa shape index (κ3) is 2.27. The summed E-state index contributed by atoms with van der Waals surface area (Å²) in [6.45, 7) is 4.47. The molecule has 1 N–H and O–H groups in total. The molecule has 2 aliphatic heterocycles. The first-order chi connectivity index (χ1) is 13.9. The number of nitrogens with one attached hydrogen (secondary N) is 1. The number of hydrogen-bond donors (Lipinski definition) is 1. The van der Waals surface area contributed by atoms with Crippen LogP contribution in [0.2, 0.25) is 0 Å². The Morgan fingerprint density at radius 2 is 1.86 bits per heavy atom. The molecule has 2 heterocycles. The van der Waals surface area contributed by atoms with Crippen LogP contribution in [-0.4, -0.2) is 18.3 Å². The normalized spacial score (nSPS) is 36.7. The molecule has 3 fully saturated rings. The van der Waals surface area contributed by atoms with Crippen LogP contribution in [0, 0.1) is 62.1 Å². The van der Waals surface area contributed by atoms with Crippen molar-refractivity contribution in [3.05, 3.63) is 29.8 Å². The van der Waals surface area contributed by atoms with E-state index in [1.54, 1.807) is 24.3 Å². The van der Waals surface area contributed by atoms with Crippen molar-refractivity contribution in [1.29, 1.82) is 21.2 Å². The monoisotopic (exact) mass is 390 g/mol. The van der Waals surface area contributed by atoms with Gasteiger partial charge in [-0.3, -0.25) is 5.41 Å². The van der Waals surface area contributed by atoms with Crippen molar-refractivity contribution >= 4 is 5.90 Å². The van der Waals surface area contributed by atoms with E-state index >= 15 is 0 Å². The minimum Gasteiger partial charge on any atom is -0.494 e. The average molecular weight is 390 g/mol. The summed E-state index contributed by atoms with van der Waals surface area (Å²) >= 11 is 0. The molecule has 0 spiro atoms. The molecule has 5 unspecified atom stereocenters. The summed E-state index contributed by atoms with van der Waals surface area (Å²) < 4.78 is 17.8. The Morgan fingerprint density at radius 3 is 2.45 bits per heavy atom. The highest BCUT2D eigenvalue weighted by atomic mass is 16.7. The lowest BCUT2D eigenvalue weighted by Crippen LogP contribution is -2.60. The van der Waals surface area contributed by atoms with Crippen molar-refractivity contribution in [2.24, 2.45) is 22.7 Å². The fourth-order valence-corrected chi connectivity index (χ4v) is 5.23. The zero-order valence-corrected chi connectivity index (χ0v) is 16.4. The topological polar surface area (TPSA) is 123 Å². The summed E-state index contributed by atoms with van der Waals surface area (Å²) in [5.41, 5.74) is -2.98. The molecule has 2 bridgehead atoms. The van der Waals surface area contributed by atoms with Crippen molar-refractivity contribution in [3.8, 4) is 24.0 Å². The molecule has 1 aliphatic carbocycles. The number of nitriles is 3. The van der Waals surface area contributed by atoms with E-state index in [9.17, 15) is 15.8 Å². The summed E-state index contributed by atoms with van der Waals surface area (Å²) in [5, 5.41) is 39.3. The number of rotatable bonds is 3. The fourth-order valence-electron chi connectivity index (χ4n) is 5.23. The van der Waals surface area contributed by atoms with Gasteiger partial charge in [-0.05, 0) is 43.4 Å². The van der Waals surface area contributed by atoms with E-state index in [1.807, 2.05) is 6.92 Å². The molecule has 7 heteroatoms. The molecule has 3 aliphatic rings. The minimum absolute atomic E-state index is 0.288. The van der Waals surface area contributed by atoms with E-state index in [0.717, 1.165) is 6.42 Å². The third-order valence-corrected chi connectivity index (χ3v) is 6.67. The SMILES string of the molecule is CCOc1ccc(C2OC34CCC(C)CC3C(C#N)(C(=N)O4)C2(C#N)C#N)cc1. The Morgan fingerprint density at radius 1 is 1.17 bits per heavy atom. The molecule has 0 amide bonds. The van der Waals surface area contributed by atoms with Crippen LogP contribution in [0.25, 0.3) is 0 Å². The summed E-state index contributed by atoms with van der Waals surface area (Å²) in [7, 11) is 0. The first kappa shape index (κ1) is 19.2. The maximum absolute atomic E-state index is 10.3. The predicted molar refractivity (Wildman–Crippen MR) is 101 cm³/mol. The van der Waals surface area contributed by atoms with E-state index < -0.39 is 28.6 Å². The van der Waals surface area contributed by atoms with E-state index in [2.05, 4.69) is 25.1 Å². The van der Waals surface area contributed by atoms with Crippen molar-refractivity contribution in [1.82, 2.24) is 0 Å². The van der Waals surface area contributed by atoms with E-state index in [0.29, 0.717) is 30.8 Å². The number of nitrogens with zero attached hydrogens (tertiary/aromatic N) is 3. The smallest absolute Gasteiger partial charge is 0.217 e. The molecule has 0 radical (unpaired) electrons. The van der Waals surface area contributed by atoms with Crippen LogP contribution >= 0.6 is 0 Å². The molecule has 1 saturated carbocycles. The zero-order valence-electron chi connectivity index (χ0n) is 16.4. The van der Waals surface area contributed by atoms with Gasteiger partial charge < -0.3 is 14.2 Å². The van der Waals surface area contributed by atoms with Crippen LogP contribution < -0.4 is 4.74 Å². The second kappa shape index (κ2) is 6.48. The lowest BCUT2D eigenvalue weighted by molar-refractivity contribution is -0.298. The molecule has 0 aromatic heterocycles. The Labute approximate surface area is 169 Å². The lowest BCUT2D eigenvalue weighted by Gasteiger charge is -2.52. The molecular weight excluding hydrogens is 368 g/mol. The highest BCUT2D eigenvalue weighted by molar-refractivity contribution is 5.89. The van der Waals surface area contributed by atoms with Gasteiger partial charge in [-0.25, -0.2) is 0 Å². The van der Waals surface area contributed by atoms with Gasteiger partial charge in [0.1, 0.15) is 11.9 Å². The van der Waals surface area contributed by atoms with Gasteiger partial charge in [-0.15, -0.1) is 0 Å². The highest BCUT2D eigenvalue weighted by Gasteiger charge is 2.80. The quantitative estimate of drug-likeness (QED) is 0.836. The Kier molecular flexibility index (Phi) is 4.30. The summed E-state index contributed by atoms with van der Waals surface area (Å²) in [5.74, 6) is -1.06. The first-order valence-corrected chi connectivity index (χ1v) is 9.85. The van der Waals surface area contributed by atoms with E-state index in [1.165, 1.54) is 0 Å². The second-order valence-electron chi connectivity index (χ2n) is 8.13. The van der Waals surface area contributed by atoms with Crippen LogP contribution in [0.4, 0.5) is 0 Å². The number of hydrogen-bond acceptors (Lipinski definition) is 7. The fraction of sp³-hybridized carbons (Fsp3) is 0.545. The van der Waals surface area contributed by atoms with E-state index in [-0.39, 0.29) is 11.8 Å². The van der Waals surface area contributed by atoms with Gasteiger partial charge in [0.15, 0.2) is 5.41 Å². The van der Waals surface area contributed by atoms with Gasteiger partial charge >= 0.3 is 0 Å². The number of ether oxygens (including phenoxy) is 3. The van der Waals surface area contributed by atoms with Crippen LogP contribution in [-0.2, 0) is 9.47 Å². The Balaban J connectivity index is 1.91. The minimum atomic E-state index is -1.90. The first-order valence-electron chi connectivity index (χ1n) is 9.85. The van der Waals surface area contributed by atoms with Crippen LogP contribution in [0.1, 0.15) is 44.8 Å². The standard InChI is InChI=1S/C22H22N4O3/c1-3-27-16-6-4-15(5-7-16)18-20(11-23,12-24)21(13-25)17-10-14(2)8-9-22(17,28-18)29-19(21)26/h4-7,14,17-18,26H,3,8-10H2,1-2H3. The average Bonchev–Trinajstić information content (AvgIpc) is 2.93. The van der Waals surface area contributed by atoms with Crippen molar-refractivity contribution < 1.29 is 14.2 Å². The maximum Gasteiger partial charge on any atom is 0.217 e. The van der Waals surface area contributed by atoms with Crippen molar-refractivity contribution in [2.75, 3.05) is 6.61 Å². The van der Waals surface area contributed by atoms with E-state index in [4.69, 9.17) is 19.6 Å². The zero-order chi connectivity index (χ0) is 20.9. The summed E-state index contributed by atoms with van der Waals surface area (Å²) in [6, 6.07) is 13.4. The van der Waals surface area contributed by atoms with Crippen molar-refractivity contribution in [2.45, 2.75) is 45.0 Å². The van der Waals surface area contributed by atoms with Gasteiger partial charge in [0.2, 0.25) is 17.1 Å². The predicted octanol–water partition coefficient (Wildman–Crippen LogP) is 3.84. The third-order valence-electron chi connectivity index (χ3n) is 6.67. The van der Waals surface area contributed by atoms with Crippen molar-refractivity contribution in [3.63, 3.8) is 0 Å². The molecule has 148 valence electrons. The molecule has 4 rings (SSSR count). The van der Waals surface area contributed by atoms with Crippen LogP contribution in [0.15, 0.2) is 24.3 Å². The van der Waals surface area contributed by atoms with Gasteiger partial charge in [0.05, 0.1) is 30.7 Å². The summed E-state index contributed by atoms with van der Waals surface area (Å²) in [6.07, 6.45) is 0.899. The molecule has 5 atom stereocenters. The molecule has 2 saturated heterocycles. The van der Waals surface area contributed by atoms with Gasteiger partial charge in [-0.2, -0.15) is 15.8 Å². The molecule has 1 aromatic rings. The van der Waals surface area contributed by atoms with Gasteiger partial charge in [0.25, 0.3) is 0 Å². The summed E-state index contributed by atoms with van der Waals surface area (Å²) in [4.78, 5) is 0. The van der Waals surface area contributed by atoms with Gasteiger partial charge in [-0.1, -0.05) is 19.1 Å².